The van der Waals surface area contributed by atoms with Crippen molar-refractivity contribution >= 4 is 35.4 Å². The monoisotopic (exact) mass is 358 g/mol. The maximum atomic E-state index is 11.9. The van der Waals surface area contributed by atoms with Gasteiger partial charge >= 0.3 is 5.97 Å². The maximum Gasteiger partial charge on any atom is 0.352 e. The SMILES string of the molecule is NC1C(=O)N2C(C(=O)O)=C(C(CCO)Sc3nn[nH]n3)CS[C@H]12. The van der Waals surface area contributed by atoms with Crippen LogP contribution in [0, 0.1) is 0 Å². The van der Waals surface area contributed by atoms with Crippen molar-refractivity contribution in [3.05, 3.63) is 11.3 Å². The quantitative estimate of drug-likeness (QED) is 0.353. The molecule has 0 radical (unpaired) electrons. The molecule has 0 spiro atoms. The number of carboxylic acid groups (broad SMARTS) is 1. The minimum atomic E-state index is -1.18. The first-order chi connectivity index (χ1) is 11.0. The van der Waals surface area contributed by atoms with E-state index in [0.717, 1.165) is 0 Å². The Hall–Kier alpha value is -1.63. The molecule has 2 unspecified atom stereocenters. The van der Waals surface area contributed by atoms with Crippen molar-refractivity contribution in [2.45, 2.75) is 28.2 Å². The number of rotatable bonds is 6. The highest BCUT2D eigenvalue weighted by atomic mass is 32.2. The smallest absolute Gasteiger partial charge is 0.352 e. The molecule has 10 nitrogen and oxygen atoms in total. The molecule has 2 aliphatic rings. The Labute approximate surface area is 138 Å². The van der Waals surface area contributed by atoms with Gasteiger partial charge in [0.1, 0.15) is 17.1 Å². The molecule has 23 heavy (non-hydrogen) atoms. The molecule has 3 heterocycles. The van der Waals surface area contributed by atoms with Crippen molar-refractivity contribution in [1.29, 1.82) is 0 Å². The van der Waals surface area contributed by atoms with Crippen LogP contribution in [-0.4, -0.2) is 76.6 Å². The van der Waals surface area contributed by atoms with E-state index >= 15 is 0 Å². The fourth-order valence-corrected chi connectivity index (χ4v) is 5.01. The van der Waals surface area contributed by atoms with E-state index in [1.54, 1.807) is 0 Å². The standard InChI is InChI=1S/C11H14N6O4S2/c12-6-8(19)17-7(10(20)21)4(3-22-9(6)17)5(1-2-18)23-11-13-15-16-14-11/h5-6,9,18H,1-3,12H2,(H,20,21)(H,13,14,15,16)/t5?,6?,9-/m1/s1. The number of carboxylic acids is 1. The number of aliphatic carboxylic acids is 1. The normalized spacial score (nSPS) is 25.1. The predicted octanol–water partition coefficient (Wildman–Crippen LogP) is -1.38. The van der Waals surface area contributed by atoms with E-state index in [-0.39, 0.29) is 22.9 Å². The first-order valence-electron chi connectivity index (χ1n) is 6.72. The van der Waals surface area contributed by atoms with Crippen LogP contribution in [0.4, 0.5) is 0 Å². The average Bonchev–Trinajstić information content (AvgIpc) is 3.05. The van der Waals surface area contributed by atoms with E-state index in [0.29, 0.717) is 22.9 Å². The van der Waals surface area contributed by atoms with Gasteiger partial charge in [0.15, 0.2) is 0 Å². The number of aliphatic hydroxyl groups excluding tert-OH is 1. The van der Waals surface area contributed by atoms with Gasteiger partial charge in [-0.25, -0.2) is 4.79 Å². The molecule has 3 rings (SSSR count). The minimum absolute atomic E-state index is 0.0464. The molecule has 0 bridgehead atoms. The number of aliphatic hydroxyl groups is 1. The summed E-state index contributed by atoms with van der Waals surface area (Å²) >= 11 is 2.62. The second kappa shape index (κ2) is 6.47. The fourth-order valence-electron chi connectivity index (χ4n) is 2.54. The van der Waals surface area contributed by atoms with Gasteiger partial charge in [-0.15, -0.1) is 22.0 Å². The van der Waals surface area contributed by atoms with Crippen LogP contribution in [0.25, 0.3) is 0 Å². The highest BCUT2D eigenvalue weighted by Gasteiger charge is 2.52. The molecule has 1 fully saturated rings. The van der Waals surface area contributed by atoms with E-state index < -0.39 is 17.9 Å². The Balaban J connectivity index is 1.95. The van der Waals surface area contributed by atoms with Crippen molar-refractivity contribution < 1.29 is 19.8 Å². The number of aromatic amines is 1. The van der Waals surface area contributed by atoms with Crippen LogP contribution in [0.5, 0.6) is 0 Å². The number of carbonyl (C=O) groups excluding carboxylic acids is 1. The molecule has 0 saturated carbocycles. The van der Waals surface area contributed by atoms with Crippen molar-refractivity contribution in [1.82, 2.24) is 25.5 Å². The van der Waals surface area contributed by atoms with Crippen molar-refractivity contribution in [2.24, 2.45) is 5.73 Å². The number of β-lactam (4-membered cyclic amide) rings is 1. The van der Waals surface area contributed by atoms with E-state index in [9.17, 15) is 19.8 Å². The topological polar surface area (TPSA) is 158 Å². The van der Waals surface area contributed by atoms with Crippen molar-refractivity contribution in [3.8, 4) is 0 Å². The van der Waals surface area contributed by atoms with Crippen LogP contribution in [0.2, 0.25) is 0 Å². The highest BCUT2D eigenvalue weighted by Crippen LogP contribution is 2.43. The van der Waals surface area contributed by atoms with Gasteiger partial charge in [0, 0.05) is 17.6 Å². The zero-order chi connectivity index (χ0) is 16.6. The molecule has 1 aromatic rings. The highest BCUT2D eigenvalue weighted by molar-refractivity contribution is 8.01. The number of hydrogen-bond donors (Lipinski definition) is 4. The number of nitrogens with one attached hydrogen (secondary N) is 1. The number of nitrogens with two attached hydrogens (primary N) is 1. The number of aromatic nitrogens is 4. The molecule has 12 heteroatoms. The van der Waals surface area contributed by atoms with E-state index in [1.807, 2.05) is 0 Å². The summed E-state index contributed by atoms with van der Waals surface area (Å²) in [4.78, 5) is 24.9. The summed E-state index contributed by atoms with van der Waals surface area (Å²) in [5.74, 6) is -1.16. The molecule has 5 N–H and O–H groups in total. The van der Waals surface area contributed by atoms with E-state index in [4.69, 9.17) is 5.73 Å². The number of fused-ring (bicyclic) bond motifs is 1. The van der Waals surface area contributed by atoms with Crippen LogP contribution in [-0.2, 0) is 9.59 Å². The Bertz CT molecular complexity index is 651. The summed E-state index contributed by atoms with van der Waals surface area (Å²) < 4.78 is 0. The van der Waals surface area contributed by atoms with Gasteiger partial charge in [-0.3, -0.25) is 9.69 Å². The number of carbonyl (C=O) groups is 2. The van der Waals surface area contributed by atoms with Gasteiger partial charge < -0.3 is 15.9 Å². The van der Waals surface area contributed by atoms with Gasteiger partial charge in [0.05, 0.1) is 0 Å². The van der Waals surface area contributed by atoms with Gasteiger partial charge in [-0.05, 0) is 17.2 Å². The van der Waals surface area contributed by atoms with Crippen LogP contribution >= 0.6 is 23.5 Å². The second-order valence-electron chi connectivity index (χ2n) is 4.93. The van der Waals surface area contributed by atoms with E-state index in [1.165, 1.54) is 28.4 Å². The lowest BCUT2D eigenvalue weighted by molar-refractivity contribution is -0.148. The zero-order valence-electron chi connectivity index (χ0n) is 11.7. The average molecular weight is 358 g/mol. The summed E-state index contributed by atoms with van der Waals surface area (Å²) in [6.07, 6.45) is 0.310. The lowest BCUT2D eigenvalue weighted by Crippen LogP contribution is -2.68. The van der Waals surface area contributed by atoms with Crippen molar-refractivity contribution in [2.75, 3.05) is 12.4 Å². The lowest BCUT2D eigenvalue weighted by atomic mass is 10.0. The Morgan fingerprint density at radius 3 is 3.00 bits per heavy atom. The Morgan fingerprint density at radius 1 is 1.61 bits per heavy atom. The third-order valence-electron chi connectivity index (χ3n) is 3.60. The number of tetrazole rings is 1. The first-order valence-corrected chi connectivity index (χ1v) is 8.65. The fraction of sp³-hybridized carbons (Fsp3) is 0.545. The third-order valence-corrected chi connectivity index (χ3v) is 6.11. The number of hydrogen-bond acceptors (Lipinski definition) is 9. The number of amides is 1. The Kier molecular flexibility index (Phi) is 4.57. The first kappa shape index (κ1) is 16.2. The van der Waals surface area contributed by atoms with Gasteiger partial charge in [-0.2, -0.15) is 5.21 Å². The zero-order valence-corrected chi connectivity index (χ0v) is 13.4. The predicted molar refractivity (Wildman–Crippen MR) is 81.3 cm³/mol. The molecule has 0 aromatic carbocycles. The van der Waals surface area contributed by atoms with Crippen LogP contribution in [0.1, 0.15) is 6.42 Å². The van der Waals surface area contributed by atoms with Gasteiger partial charge in [0.25, 0.3) is 0 Å². The largest absolute Gasteiger partial charge is 0.477 e. The lowest BCUT2D eigenvalue weighted by Gasteiger charge is -2.48. The minimum Gasteiger partial charge on any atom is -0.477 e. The van der Waals surface area contributed by atoms with E-state index in [2.05, 4.69) is 20.6 Å². The molecule has 1 saturated heterocycles. The molecule has 124 valence electrons. The summed E-state index contributed by atoms with van der Waals surface area (Å²) in [6.45, 7) is -0.131. The molecule has 1 amide bonds. The number of nitrogens with zero attached hydrogens (tertiary/aromatic N) is 4. The van der Waals surface area contributed by atoms with Crippen LogP contribution < -0.4 is 5.73 Å². The van der Waals surface area contributed by atoms with Crippen molar-refractivity contribution in [3.63, 3.8) is 0 Å². The summed E-state index contributed by atoms with van der Waals surface area (Å²) in [5.41, 5.74) is 6.24. The molecule has 2 aliphatic heterocycles. The molecular formula is C11H14N6O4S2. The summed E-state index contributed by atoms with van der Waals surface area (Å²) in [7, 11) is 0. The van der Waals surface area contributed by atoms with Crippen LogP contribution in [0.3, 0.4) is 0 Å². The van der Waals surface area contributed by atoms with Gasteiger partial charge in [0.2, 0.25) is 11.1 Å². The van der Waals surface area contributed by atoms with Gasteiger partial charge in [-0.1, -0.05) is 11.8 Å². The van der Waals surface area contributed by atoms with Crippen LogP contribution in [0.15, 0.2) is 16.4 Å². The maximum absolute atomic E-state index is 11.9. The molecule has 1 aromatic heterocycles. The number of thioether (sulfide) groups is 2. The second-order valence-corrected chi connectivity index (χ2v) is 7.20. The third kappa shape index (κ3) is 2.82. The molecular weight excluding hydrogens is 344 g/mol. The summed E-state index contributed by atoms with van der Waals surface area (Å²) in [5, 5.41) is 31.9. The Morgan fingerprint density at radius 2 is 2.39 bits per heavy atom. The molecule has 0 aliphatic carbocycles. The summed E-state index contributed by atoms with van der Waals surface area (Å²) in [6, 6.07) is -0.669. The molecule has 3 atom stereocenters. The number of H-pyrrole nitrogens is 1.